The van der Waals surface area contributed by atoms with Crippen LogP contribution in [0.15, 0.2) is 18.3 Å². The first-order chi connectivity index (χ1) is 16.9. The third-order valence-electron chi connectivity index (χ3n) is 4.16. The van der Waals surface area contributed by atoms with E-state index < -0.39 is 60.9 Å². The maximum Gasteiger partial charge on any atom is 0.417 e. The first-order valence-corrected chi connectivity index (χ1v) is 8.44. The summed E-state index contributed by atoms with van der Waals surface area (Å²) in [4.78, 5) is 13.4. The molecule has 0 radical (unpaired) electrons. The maximum absolute atomic E-state index is 13.9. The van der Waals surface area contributed by atoms with Crippen molar-refractivity contribution in [3.63, 3.8) is 0 Å². The summed E-state index contributed by atoms with van der Waals surface area (Å²) in [5.41, 5.74) is 3.19. The molecule has 11 heteroatoms. The molecule has 156 valence electrons. The van der Waals surface area contributed by atoms with Crippen molar-refractivity contribution in [3.05, 3.63) is 23.9 Å². The minimum absolute atomic E-state index is 0.00887. The van der Waals surface area contributed by atoms with E-state index in [4.69, 9.17) is 21.4 Å². The fourth-order valence-electron chi connectivity index (χ4n) is 2.82. The van der Waals surface area contributed by atoms with Crippen molar-refractivity contribution in [1.82, 2.24) is 15.0 Å². The van der Waals surface area contributed by atoms with Crippen LogP contribution in [0, 0.1) is 0 Å². The summed E-state index contributed by atoms with van der Waals surface area (Å²) < 4.78 is 116. The van der Waals surface area contributed by atoms with E-state index in [2.05, 4.69) is 19.7 Å². The Bertz CT molecular complexity index is 1170. The lowest BCUT2D eigenvalue weighted by molar-refractivity contribution is -0.137. The van der Waals surface area contributed by atoms with Gasteiger partial charge in [0.25, 0.3) is 0 Å². The zero-order chi connectivity index (χ0) is 27.6. The van der Waals surface area contributed by atoms with E-state index >= 15 is 0 Å². The first-order valence-electron chi connectivity index (χ1n) is 12.4. The molecule has 0 amide bonds. The van der Waals surface area contributed by atoms with Crippen molar-refractivity contribution in [2.45, 2.75) is 6.18 Å². The number of nitrogens with two attached hydrogens (primary N) is 1. The molecule has 0 aliphatic carbocycles. The number of alkyl halides is 3. The van der Waals surface area contributed by atoms with E-state index in [0.717, 1.165) is 12.3 Å². The smallest absolute Gasteiger partial charge is 0.384 e. The van der Waals surface area contributed by atoms with Crippen LogP contribution in [-0.2, 0) is 15.7 Å². The number of hydrogen-bond donors (Lipinski definition) is 1. The molecule has 0 spiro atoms. The zero-order valence-corrected chi connectivity index (χ0v) is 14.8. The van der Waals surface area contributed by atoms with Crippen molar-refractivity contribution in [3.8, 4) is 11.3 Å². The summed E-state index contributed by atoms with van der Waals surface area (Å²) in [6.45, 7) is -12.7. The Morgan fingerprint density at radius 3 is 2.45 bits per heavy atom. The predicted molar refractivity (Wildman–Crippen MR) is 101 cm³/mol. The number of hydrogen-bond acceptors (Lipinski definition) is 8. The molecular weight excluding hydrogens is 389 g/mol. The second kappa shape index (κ2) is 7.99. The average Bonchev–Trinajstić information content (AvgIpc) is 2.77. The molecule has 2 aliphatic heterocycles. The van der Waals surface area contributed by atoms with E-state index in [0.29, 0.717) is 6.07 Å². The van der Waals surface area contributed by atoms with Crippen LogP contribution in [0.1, 0.15) is 16.5 Å². The number of ether oxygens (including phenoxy) is 2. The van der Waals surface area contributed by atoms with Gasteiger partial charge in [0.05, 0.1) is 48.6 Å². The summed E-state index contributed by atoms with van der Waals surface area (Å²) in [5, 5.41) is 0. The Morgan fingerprint density at radius 2 is 1.76 bits per heavy atom. The van der Waals surface area contributed by atoms with Crippen LogP contribution in [0.25, 0.3) is 11.3 Å². The van der Waals surface area contributed by atoms with Gasteiger partial charge in [-0.2, -0.15) is 18.2 Å². The Morgan fingerprint density at radius 1 is 1.03 bits per heavy atom. The summed E-state index contributed by atoms with van der Waals surface area (Å²) >= 11 is 0. The van der Waals surface area contributed by atoms with Crippen LogP contribution in [-0.4, -0.2) is 67.4 Å². The Kier molecular flexibility index (Phi) is 3.34. The lowest BCUT2D eigenvalue weighted by atomic mass is 10.1. The molecule has 0 bridgehead atoms. The minimum atomic E-state index is -4.91. The maximum atomic E-state index is 13.9. The summed E-state index contributed by atoms with van der Waals surface area (Å²) in [6.07, 6.45) is -4.11. The number of anilines is 3. The molecule has 4 rings (SSSR count). The van der Waals surface area contributed by atoms with Crippen LogP contribution in [0.3, 0.4) is 0 Å². The van der Waals surface area contributed by atoms with Crippen molar-refractivity contribution in [2.24, 2.45) is 0 Å². The van der Waals surface area contributed by atoms with Crippen LogP contribution in [0.5, 0.6) is 0 Å². The number of rotatable bonds is 3. The molecule has 4 heterocycles. The molecule has 2 aliphatic rings. The van der Waals surface area contributed by atoms with Gasteiger partial charge in [0, 0.05) is 43.9 Å². The van der Waals surface area contributed by atoms with Crippen molar-refractivity contribution in [1.29, 1.82) is 0 Å². The molecule has 2 saturated heterocycles. The molecule has 2 aromatic heterocycles. The molecule has 0 aromatic carbocycles. The minimum Gasteiger partial charge on any atom is -0.384 e. The quantitative estimate of drug-likeness (QED) is 0.807. The molecule has 8 nitrogen and oxygen atoms in total. The monoisotopic (exact) mass is 418 g/mol. The standard InChI is InChI=1S/C18H21F3N6O2/c19-18(20,21)13-9-15(22)23-11-12(13)14-10-16(26-1-5-28-6-2-26)25-17(24-14)27-3-7-29-8-4-27/h9-11H,1-8H2,(H2,22,23)/i3D2,4D2,7D2,8D2. The fourth-order valence-corrected chi connectivity index (χ4v) is 2.82. The first kappa shape index (κ1) is 12.1. The lowest BCUT2D eigenvalue weighted by Crippen LogP contribution is -2.39. The molecular formula is C18H21F3N6O2. The predicted octanol–water partition coefficient (Wildman–Crippen LogP) is 1.81. The van der Waals surface area contributed by atoms with E-state index in [-0.39, 0.29) is 37.0 Å². The second-order valence-corrected chi connectivity index (χ2v) is 6.03. The van der Waals surface area contributed by atoms with Gasteiger partial charge in [0.1, 0.15) is 11.6 Å². The van der Waals surface area contributed by atoms with Gasteiger partial charge in [0.15, 0.2) is 0 Å². The summed E-state index contributed by atoms with van der Waals surface area (Å²) in [5.74, 6) is -1.39. The van der Waals surface area contributed by atoms with Gasteiger partial charge in [0.2, 0.25) is 5.95 Å². The highest BCUT2D eigenvalue weighted by Gasteiger charge is 2.35. The van der Waals surface area contributed by atoms with Crippen LogP contribution >= 0.6 is 0 Å². The molecule has 0 atom stereocenters. The zero-order valence-electron chi connectivity index (χ0n) is 22.8. The van der Waals surface area contributed by atoms with E-state index in [1.165, 1.54) is 0 Å². The van der Waals surface area contributed by atoms with Gasteiger partial charge in [-0.15, -0.1) is 0 Å². The number of aromatic nitrogens is 3. The molecule has 0 saturated carbocycles. The SMILES string of the molecule is [2H]C1([2H])OC([2H])([2H])C([2H])([2H])N(c2nc(-c3cnc(N)cc3C(F)(F)F)cc(N3CCOCC3)n2)C1([2H])[2H]. The second-order valence-electron chi connectivity index (χ2n) is 6.03. The summed E-state index contributed by atoms with van der Waals surface area (Å²) in [6, 6.07) is 1.74. The molecule has 2 fully saturated rings. The molecule has 0 unspecified atom stereocenters. The number of pyridine rings is 1. The third-order valence-corrected chi connectivity index (χ3v) is 4.16. The highest BCUT2D eigenvalue weighted by molar-refractivity contribution is 5.69. The molecule has 2 aromatic rings. The van der Waals surface area contributed by atoms with Crippen LogP contribution in [0.4, 0.5) is 30.8 Å². The van der Waals surface area contributed by atoms with Crippen molar-refractivity contribution < 1.29 is 33.6 Å². The highest BCUT2D eigenvalue weighted by atomic mass is 19.4. The summed E-state index contributed by atoms with van der Waals surface area (Å²) in [7, 11) is 0. The Labute approximate surface area is 176 Å². The Balaban J connectivity index is 2.00. The van der Waals surface area contributed by atoms with Crippen molar-refractivity contribution in [2.75, 3.05) is 67.9 Å². The fraction of sp³-hybridized carbons (Fsp3) is 0.500. The van der Waals surface area contributed by atoms with Gasteiger partial charge < -0.3 is 25.0 Å². The largest absolute Gasteiger partial charge is 0.417 e. The number of nitrogens with zero attached hydrogens (tertiary/aromatic N) is 5. The number of halogens is 3. The van der Waals surface area contributed by atoms with E-state index in [1.54, 1.807) is 4.90 Å². The van der Waals surface area contributed by atoms with E-state index in [9.17, 15) is 13.2 Å². The number of morpholine rings is 2. The van der Waals surface area contributed by atoms with Crippen LogP contribution in [0.2, 0.25) is 0 Å². The molecule has 29 heavy (non-hydrogen) atoms. The molecule has 2 N–H and O–H groups in total. The average molecular weight is 418 g/mol. The van der Waals surface area contributed by atoms with Gasteiger partial charge in [-0.3, -0.25) is 0 Å². The van der Waals surface area contributed by atoms with Gasteiger partial charge in [-0.05, 0) is 6.07 Å². The normalized spacial score (nSPS) is 29.2. The number of nitrogen functional groups attached to an aromatic ring is 1. The van der Waals surface area contributed by atoms with Gasteiger partial charge >= 0.3 is 6.18 Å². The highest BCUT2D eigenvalue weighted by Crippen LogP contribution is 2.38. The van der Waals surface area contributed by atoms with Gasteiger partial charge in [-0.1, -0.05) is 0 Å². The van der Waals surface area contributed by atoms with E-state index in [1.807, 2.05) is 0 Å². The topological polar surface area (TPSA) is 89.6 Å². The Hall–Kier alpha value is -2.66. The lowest BCUT2D eigenvalue weighted by Gasteiger charge is -2.31. The third kappa shape index (κ3) is 4.35. The van der Waals surface area contributed by atoms with Gasteiger partial charge in [-0.25, -0.2) is 9.97 Å². The van der Waals surface area contributed by atoms with Crippen molar-refractivity contribution >= 4 is 17.6 Å². The van der Waals surface area contributed by atoms with Crippen LogP contribution < -0.4 is 15.5 Å².